The number of nitrogens with zero attached hydrogens (tertiary/aromatic N) is 1. The quantitative estimate of drug-likeness (QED) is 0.765. The van der Waals surface area contributed by atoms with E-state index in [0.29, 0.717) is 25.1 Å². The highest BCUT2D eigenvalue weighted by Gasteiger charge is 2.36. The summed E-state index contributed by atoms with van der Waals surface area (Å²) in [6.07, 6.45) is 3.55. The fourth-order valence-electron chi connectivity index (χ4n) is 2.79. The number of aromatic nitrogens is 1. The van der Waals surface area contributed by atoms with Crippen molar-refractivity contribution in [2.45, 2.75) is 50.9 Å². The molecule has 0 amide bonds. The summed E-state index contributed by atoms with van der Waals surface area (Å²) in [4.78, 5) is 27.1. The minimum atomic E-state index is -0.982. The molecule has 0 radical (unpaired) electrons. The molecule has 0 bridgehead atoms. The van der Waals surface area contributed by atoms with Crippen LogP contribution in [0, 0.1) is 0 Å². The van der Waals surface area contributed by atoms with Crippen molar-refractivity contribution < 1.29 is 19.3 Å². The summed E-state index contributed by atoms with van der Waals surface area (Å²) in [6.45, 7) is 1.51. The summed E-state index contributed by atoms with van der Waals surface area (Å²) in [5, 5.41) is 10.00. The number of carbonyl (C=O) groups excluding carboxylic acids is 2. The molecule has 2 atom stereocenters. The second kappa shape index (κ2) is 7.51. The van der Waals surface area contributed by atoms with Crippen LogP contribution in [0.4, 0.5) is 5.82 Å². The molecule has 7 heteroatoms. The zero-order valence-corrected chi connectivity index (χ0v) is 12.7. The van der Waals surface area contributed by atoms with Crippen LogP contribution >= 0.6 is 0 Å². The van der Waals surface area contributed by atoms with Gasteiger partial charge in [-0.3, -0.25) is 9.59 Å². The monoisotopic (exact) mass is 304 g/mol. The molecule has 6 nitrogen and oxygen atoms in total. The first-order valence-electron chi connectivity index (χ1n) is 7.49. The van der Waals surface area contributed by atoms with Gasteiger partial charge in [0.2, 0.25) is 0 Å². The van der Waals surface area contributed by atoms with Crippen molar-refractivity contribution in [3.05, 3.63) is 23.9 Å². The van der Waals surface area contributed by atoms with Crippen LogP contribution in [0.25, 0.3) is 0 Å². The van der Waals surface area contributed by atoms with E-state index < -0.39 is 7.12 Å². The van der Waals surface area contributed by atoms with Crippen LogP contribution in [0.5, 0.6) is 0 Å². The smallest absolute Gasteiger partial charge is 0.427 e. The number of Topliss-reactive ketones (excluding diaryl/α,β-unsaturated/α-hetero) is 2. The van der Waals surface area contributed by atoms with E-state index in [4.69, 9.17) is 10.4 Å². The molecular weight excluding hydrogens is 283 g/mol. The first kappa shape index (κ1) is 16.6. The Kier molecular flexibility index (Phi) is 5.68. The Morgan fingerprint density at radius 2 is 2.23 bits per heavy atom. The van der Waals surface area contributed by atoms with Gasteiger partial charge in [-0.2, -0.15) is 0 Å². The summed E-state index contributed by atoms with van der Waals surface area (Å²) in [7, 11) is -0.982. The van der Waals surface area contributed by atoms with Gasteiger partial charge in [0.15, 0.2) is 0 Å². The number of nitrogen functional groups attached to an aromatic ring is 1. The van der Waals surface area contributed by atoms with Gasteiger partial charge in [0.05, 0.1) is 0 Å². The number of hydrogen-bond acceptors (Lipinski definition) is 6. The topological polar surface area (TPSA) is 103 Å². The van der Waals surface area contributed by atoms with Crippen LogP contribution in [-0.4, -0.2) is 34.8 Å². The average molecular weight is 304 g/mol. The van der Waals surface area contributed by atoms with Crippen molar-refractivity contribution in [2.75, 3.05) is 5.73 Å². The zero-order valence-electron chi connectivity index (χ0n) is 12.7. The molecule has 2 rings (SSSR count). The maximum Gasteiger partial charge on any atom is 0.458 e. The van der Waals surface area contributed by atoms with E-state index in [1.165, 1.54) is 6.92 Å². The van der Waals surface area contributed by atoms with E-state index in [2.05, 4.69) is 4.98 Å². The molecule has 118 valence electrons. The van der Waals surface area contributed by atoms with Gasteiger partial charge < -0.3 is 15.4 Å². The molecule has 1 aliphatic rings. The van der Waals surface area contributed by atoms with Gasteiger partial charge in [-0.15, -0.1) is 0 Å². The van der Waals surface area contributed by atoms with Crippen LogP contribution in [0.1, 0.15) is 38.2 Å². The van der Waals surface area contributed by atoms with Crippen LogP contribution in [0.15, 0.2) is 18.3 Å². The third-order valence-electron chi connectivity index (χ3n) is 3.85. The Hall–Kier alpha value is -1.73. The van der Waals surface area contributed by atoms with Crippen molar-refractivity contribution in [1.82, 2.24) is 4.98 Å². The molecule has 2 heterocycles. The third kappa shape index (κ3) is 4.93. The lowest BCUT2D eigenvalue weighted by atomic mass is 9.64. The van der Waals surface area contributed by atoms with E-state index in [9.17, 15) is 14.6 Å². The highest BCUT2D eigenvalue weighted by Crippen LogP contribution is 2.31. The maximum absolute atomic E-state index is 12.1. The standard InChI is InChI=1S/C15H21BN2O4/c1-10(19)6-14-3-2-12(16(21)22-14)9-13(20)7-11-4-5-18-15(17)8-11/h4-5,8,12,14,21H,2-3,6-7,9H2,1H3,(H2,17,18)/t12-,14+/m1/s1. The normalized spacial score (nSPS) is 21.6. The number of hydrogen-bond donors (Lipinski definition) is 2. The summed E-state index contributed by atoms with van der Waals surface area (Å²) in [6, 6.07) is 3.43. The van der Waals surface area contributed by atoms with Crippen molar-refractivity contribution >= 4 is 24.5 Å². The summed E-state index contributed by atoms with van der Waals surface area (Å²) in [5.41, 5.74) is 6.40. The van der Waals surface area contributed by atoms with Gasteiger partial charge in [0.25, 0.3) is 0 Å². The number of pyridine rings is 1. The molecule has 1 saturated heterocycles. The highest BCUT2D eigenvalue weighted by molar-refractivity contribution is 6.45. The molecule has 3 N–H and O–H groups in total. The van der Waals surface area contributed by atoms with Gasteiger partial charge in [0, 0.05) is 37.4 Å². The number of carbonyl (C=O) groups is 2. The Labute approximate surface area is 130 Å². The fraction of sp³-hybridized carbons (Fsp3) is 0.533. The predicted octanol–water partition coefficient (Wildman–Crippen LogP) is 1.17. The molecule has 1 aromatic heterocycles. The van der Waals surface area contributed by atoms with E-state index >= 15 is 0 Å². The molecule has 0 aromatic carbocycles. The molecule has 0 unspecified atom stereocenters. The second-order valence-electron chi connectivity index (χ2n) is 5.90. The average Bonchev–Trinajstić information content (AvgIpc) is 2.41. The molecular formula is C15H21BN2O4. The van der Waals surface area contributed by atoms with E-state index in [1.807, 2.05) is 0 Å². The SMILES string of the molecule is CC(=O)C[C@@H]1CC[C@H](CC(=O)Cc2ccnc(N)c2)B(O)O1. The Morgan fingerprint density at radius 1 is 1.45 bits per heavy atom. The minimum Gasteiger partial charge on any atom is -0.427 e. The molecule has 1 aliphatic heterocycles. The molecule has 1 fully saturated rings. The van der Waals surface area contributed by atoms with Gasteiger partial charge in [-0.05, 0) is 37.5 Å². The van der Waals surface area contributed by atoms with Gasteiger partial charge in [-0.25, -0.2) is 4.98 Å². The van der Waals surface area contributed by atoms with Crippen LogP contribution in [0.3, 0.4) is 0 Å². The molecule has 1 aromatic rings. The van der Waals surface area contributed by atoms with Crippen molar-refractivity contribution in [3.8, 4) is 0 Å². The molecule has 22 heavy (non-hydrogen) atoms. The second-order valence-corrected chi connectivity index (χ2v) is 5.90. The number of nitrogens with two attached hydrogens (primary N) is 1. The van der Waals surface area contributed by atoms with Gasteiger partial charge >= 0.3 is 7.12 Å². The summed E-state index contributed by atoms with van der Waals surface area (Å²) >= 11 is 0. The zero-order chi connectivity index (χ0) is 16.1. The van der Waals surface area contributed by atoms with Gasteiger partial charge in [0.1, 0.15) is 17.4 Å². The fourth-order valence-corrected chi connectivity index (χ4v) is 2.79. The van der Waals surface area contributed by atoms with Crippen LogP contribution in [-0.2, 0) is 20.7 Å². The van der Waals surface area contributed by atoms with Crippen molar-refractivity contribution in [3.63, 3.8) is 0 Å². The molecule has 0 spiro atoms. The van der Waals surface area contributed by atoms with Gasteiger partial charge in [-0.1, -0.05) is 0 Å². The van der Waals surface area contributed by atoms with Crippen molar-refractivity contribution in [1.29, 1.82) is 0 Å². The summed E-state index contributed by atoms with van der Waals surface area (Å²) < 4.78 is 5.43. The summed E-state index contributed by atoms with van der Waals surface area (Å²) in [5.74, 6) is 0.249. The third-order valence-corrected chi connectivity index (χ3v) is 3.85. The van der Waals surface area contributed by atoms with Crippen molar-refractivity contribution in [2.24, 2.45) is 0 Å². The number of anilines is 1. The Morgan fingerprint density at radius 3 is 2.86 bits per heavy atom. The van der Waals surface area contributed by atoms with E-state index in [1.54, 1.807) is 18.3 Å². The van der Waals surface area contributed by atoms with E-state index in [0.717, 1.165) is 5.56 Å². The first-order valence-corrected chi connectivity index (χ1v) is 7.49. The molecule has 0 aliphatic carbocycles. The number of ketones is 2. The Balaban J connectivity index is 1.83. The van der Waals surface area contributed by atoms with Crippen LogP contribution in [0.2, 0.25) is 5.82 Å². The maximum atomic E-state index is 12.1. The number of rotatable bonds is 6. The Bertz CT molecular complexity index is 552. The predicted molar refractivity (Wildman–Crippen MR) is 83.1 cm³/mol. The van der Waals surface area contributed by atoms with E-state index in [-0.39, 0.29) is 36.3 Å². The lowest BCUT2D eigenvalue weighted by Gasteiger charge is -2.30. The van der Waals surface area contributed by atoms with Crippen LogP contribution < -0.4 is 5.73 Å². The minimum absolute atomic E-state index is 0.0308. The highest BCUT2D eigenvalue weighted by atomic mass is 16.5. The largest absolute Gasteiger partial charge is 0.458 e. The first-order chi connectivity index (χ1) is 10.4. The lowest BCUT2D eigenvalue weighted by molar-refractivity contribution is -0.120. The lowest BCUT2D eigenvalue weighted by Crippen LogP contribution is -2.37. The molecule has 0 saturated carbocycles.